The second-order valence-electron chi connectivity index (χ2n) is 3.81. The number of aromatic nitrogens is 2. The summed E-state index contributed by atoms with van der Waals surface area (Å²) in [7, 11) is 0. The maximum atomic E-state index is 12.1. The number of hydrogen-bond acceptors (Lipinski definition) is 4. The van der Waals surface area contributed by atoms with Gasteiger partial charge >= 0.3 is 0 Å². The number of hydrogen-bond donors (Lipinski definition) is 1. The lowest BCUT2D eigenvalue weighted by atomic mass is 10.1. The van der Waals surface area contributed by atoms with E-state index in [9.17, 15) is 4.79 Å². The van der Waals surface area contributed by atoms with E-state index in [0.717, 1.165) is 5.39 Å². The molecule has 3 aromatic rings. The van der Waals surface area contributed by atoms with Gasteiger partial charge in [-0.25, -0.2) is 9.97 Å². The molecular weight excluding hydrogens is 266 g/mol. The Morgan fingerprint density at radius 1 is 1.26 bits per heavy atom. The topological polar surface area (TPSA) is 68.0 Å². The number of carbonyl (C=O) groups is 1. The van der Waals surface area contributed by atoms with Gasteiger partial charge in [-0.05, 0) is 23.7 Å². The molecule has 0 bridgehead atoms. The minimum absolute atomic E-state index is 0.0786. The minimum Gasteiger partial charge on any atom is -0.463 e. The Labute approximate surface area is 113 Å². The van der Waals surface area contributed by atoms with E-state index < -0.39 is 0 Å². The number of benzene rings is 1. The molecule has 0 saturated heterocycles. The van der Waals surface area contributed by atoms with Crippen molar-refractivity contribution in [3.63, 3.8) is 0 Å². The number of carbonyl (C=O) groups excluding carboxylic acids is 1. The van der Waals surface area contributed by atoms with Crippen LogP contribution in [0.1, 0.15) is 10.4 Å². The number of fused-ring (bicyclic) bond motifs is 1. The summed E-state index contributed by atoms with van der Waals surface area (Å²) in [6, 6.07) is 8.87. The summed E-state index contributed by atoms with van der Waals surface area (Å²) in [5.41, 5.74) is 1.11. The van der Waals surface area contributed by atoms with Gasteiger partial charge in [-0.2, -0.15) is 0 Å². The zero-order valence-electron chi connectivity index (χ0n) is 9.63. The summed E-state index contributed by atoms with van der Waals surface area (Å²) < 4.78 is 5.31. The van der Waals surface area contributed by atoms with E-state index in [1.807, 2.05) is 18.2 Å². The average Bonchev–Trinajstić information content (AvgIpc) is 2.82. The number of halogens is 1. The van der Waals surface area contributed by atoms with Gasteiger partial charge in [0.1, 0.15) is 17.7 Å². The van der Waals surface area contributed by atoms with Crippen LogP contribution < -0.4 is 5.32 Å². The van der Waals surface area contributed by atoms with Crippen molar-refractivity contribution in [2.45, 2.75) is 0 Å². The molecule has 3 rings (SSSR count). The second kappa shape index (κ2) is 4.70. The van der Waals surface area contributed by atoms with Crippen LogP contribution in [0.25, 0.3) is 11.0 Å². The lowest BCUT2D eigenvalue weighted by molar-refractivity contribution is 0.102. The van der Waals surface area contributed by atoms with Gasteiger partial charge in [0.05, 0.1) is 5.56 Å². The van der Waals surface area contributed by atoms with E-state index in [-0.39, 0.29) is 11.2 Å². The van der Waals surface area contributed by atoms with Gasteiger partial charge in [0, 0.05) is 11.6 Å². The Hall–Kier alpha value is -2.40. The van der Waals surface area contributed by atoms with Crippen LogP contribution in [-0.4, -0.2) is 15.9 Å². The number of para-hydroxylation sites is 1. The van der Waals surface area contributed by atoms with Gasteiger partial charge in [-0.15, -0.1) is 0 Å². The molecule has 19 heavy (non-hydrogen) atoms. The van der Waals surface area contributed by atoms with Crippen molar-refractivity contribution in [3.05, 3.63) is 53.6 Å². The highest BCUT2D eigenvalue weighted by Gasteiger charge is 2.14. The fraction of sp³-hybridized carbons (Fsp3) is 0. The van der Waals surface area contributed by atoms with Crippen LogP contribution in [0.4, 0.5) is 5.82 Å². The Morgan fingerprint density at radius 3 is 2.95 bits per heavy atom. The number of furan rings is 1. The summed E-state index contributed by atoms with van der Waals surface area (Å²) in [4.78, 5) is 19.8. The first-order valence-electron chi connectivity index (χ1n) is 5.50. The quantitative estimate of drug-likeness (QED) is 0.728. The van der Waals surface area contributed by atoms with Gasteiger partial charge in [0.25, 0.3) is 5.91 Å². The number of nitrogens with one attached hydrogen (secondary N) is 1. The van der Waals surface area contributed by atoms with Gasteiger partial charge in [0.2, 0.25) is 5.28 Å². The first kappa shape index (κ1) is 11.7. The molecule has 5 nitrogen and oxygen atoms in total. The highest BCUT2D eigenvalue weighted by Crippen LogP contribution is 2.21. The molecule has 1 amide bonds. The van der Waals surface area contributed by atoms with Gasteiger partial charge < -0.3 is 9.73 Å². The van der Waals surface area contributed by atoms with Crippen molar-refractivity contribution < 1.29 is 9.21 Å². The van der Waals surface area contributed by atoms with Gasteiger partial charge in [0.15, 0.2) is 0 Å². The number of rotatable bonds is 2. The predicted octanol–water partition coefficient (Wildman–Crippen LogP) is 3.13. The zero-order valence-corrected chi connectivity index (χ0v) is 10.4. The molecule has 0 saturated carbocycles. The maximum absolute atomic E-state index is 12.1. The average molecular weight is 274 g/mol. The Bertz CT molecular complexity index is 754. The predicted molar refractivity (Wildman–Crippen MR) is 71.2 cm³/mol. The fourth-order valence-electron chi connectivity index (χ4n) is 1.74. The normalized spacial score (nSPS) is 10.6. The van der Waals surface area contributed by atoms with Crippen LogP contribution in [0.3, 0.4) is 0 Å². The second-order valence-corrected chi connectivity index (χ2v) is 4.15. The Morgan fingerprint density at radius 2 is 2.11 bits per heavy atom. The summed E-state index contributed by atoms with van der Waals surface area (Å²) in [5.74, 6) is 0.0370. The molecule has 0 spiro atoms. The SMILES string of the molecule is O=C(Nc1ccnc(Cl)n1)c1coc2ccccc12. The summed E-state index contributed by atoms with van der Waals surface area (Å²) >= 11 is 5.66. The molecule has 0 aliphatic heterocycles. The highest BCUT2D eigenvalue weighted by molar-refractivity contribution is 6.28. The lowest BCUT2D eigenvalue weighted by Crippen LogP contribution is -2.12. The Balaban J connectivity index is 1.92. The standard InChI is InChI=1S/C13H8ClN3O2/c14-13-15-6-5-11(17-13)16-12(18)9-7-19-10-4-2-1-3-8(9)10/h1-7H,(H,15,16,17,18). The van der Waals surface area contributed by atoms with E-state index in [4.69, 9.17) is 16.0 Å². The summed E-state index contributed by atoms with van der Waals surface area (Å²) in [6.07, 6.45) is 2.89. The third-order valence-corrected chi connectivity index (χ3v) is 2.78. The van der Waals surface area contributed by atoms with E-state index in [1.165, 1.54) is 12.5 Å². The smallest absolute Gasteiger partial charge is 0.260 e. The zero-order chi connectivity index (χ0) is 13.2. The van der Waals surface area contributed by atoms with E-state index in [0.29, 0.717) is 17.0 Å². The molecule has 0 aliphatic carbocycles. The van der Waals surface area contributed by atoms with Crippen molar-refractivity contribution in [2.24, 2.45) is 0 Å². The largest absolute Gasteiger partial charge is 0.463 e. The van der Waals surface area contributed by atoms with Crippen molar-refractivity contribution in [1.82, 2.24) is 9.97 Å². The molecule has 1 N–H and O–H groups in total. The van der Waals surface area contributed by atoms with Crippen molar-refractivity contribution in [2.75, 3.05) is 5.32 Å². The molecule has 0 aliphatic rings. The molecule has 0 radical (unpaired) electrons. The van der Waals surface area contributed by atoms with Crippen LogP contribution >= 0.6 is 11.6 Å². The van der Waals surface area contributed by atoms with Crippen LogP contribution in [0, 0.1) is 0 Å². The molecule has 6 heteroatoms. The summed E-state index contributed by atoms with van der Waals surface area (Å²) in [6.45, 7) is 0. The molecule has 2 aromatic heterocycles. The van der Waals surface area contributed by atoms with Crippen LogP contribution in [0.15, 0.2) is 47.2 Å². The summed E-state index contributed by atoms with van der Waals surface area (Å²) in [5, 5.41) is 3.47. The van der Waals surface area contributed by atoms with Crippen molar-refractivity contribution in [1.29, 1.82) is 0 Å². The maximum Gasteiger partial charge on any atom is 0.260 e. The first-order chi connectivity index (χ1) is 9.24. The number of amides is 1. The molecule has 0 atom stereocenters. The molecule has 0 fully saturated rings. The third kappa shape index (κ3) is 2.28. The number of nitrogens with zero attached hydrogens (tertiary/aromatic N) is 2. The van der Waals surface area contributed by atoms with Gasteiger partial charge in [-0.3, -0.25) is 4.79 Å². The number of anilines is 1. The van der Waals surface area contributed by atoms with Crippen LogP contribution in [0.5, 0.6) is 0 Å². The molecule has 2 heterocycles. The van der Waals surface area contributed by atoms with E-state index >= 15 is 0 Å². The molecule has 0 unspecified atom stereocenters. The van der Waals surface area contributed by atoms with Crippen molar-refractivity contribution in [3.8, 4) is 0 Å². The Kier molecular flexibility index (Phi) is 2.89. The first-order valence-corrected chi connectivity index (χ1v) is 5.88. The van der Waals surface area contributed by atoms with E-state index in [2.05, 4.69) is 15.3 Å². The van der Waals surface area contributed by atoms with Crippen LogP contribution in [-0.2, 0) is 0 Å². The third-order valence-electron chi connectivity index (χ3n) is 2.59. The van der Waals surface area contributed by atoms with E-state index in [1.54, 1.807) is 12.1 Å². The van der Waals surface area contributed by atoms with Gasteiger partial charge in [-0.1, -0.05) is 18.2 Å². The lowest BCUT2D eigenvalue weighted by Gasteiger charge is -2.02. The molecule has 1 aromatic carbocycles. The molecular formula is C13H8ClN3O2. The fourth-order valence-corrected chi connectivity index (χ4v) is 1.89. The van der Waals surface area contributed by atoms with Crippen molar-refractivity contribution >= 4 is 34.3 Å². The monoisotopic (exact) mass is 273 g/mol. The molecule has 94 valence electrons. The van der Waals surface area contributed by atoms with Crippen LogP contribution in [0.2, 0.25) is 5.28 Å². The highest BCUT2D eigenvalue weighted by atomic mass is 35.5. The minimum atomic E-state index is -0.306.